The van der Waals surface area contributed by atoms with E-state index in [4.69, 9.17) is 5.73 Å². The maximum absolute atomic E-state index is 14.0. The summed E-state index contributed by atoms with van der Waals surface area (Å²) in [5, 5.41) is 0.472. The largest absolute Gasteiger partial charge is 0.329 e. The van der Waals surface area contributed by atoms with Gasteiger partial charge < -0.3 is 5.73 Å². The third-order valence-corrected chi connectivity index (χ3v) is 5.23. The molecule has 106 valence electrons. The van der Waals surface area contributed by atoms with Gasteiger partial charge in [-0.3, -0.25) is 4.90 Å². The molecule has 1 aromatic rings. The quantitative estimate of drug-likeness (QED) is 0.926. The topological polar surface area (TPSA) is 29.3 Å². The molecule has 0 spiro atoms. The van der Waals surface area contributed by atoms with Gasteiger partial charge in [-0.15, -0.1) is 0 Å². The van der Waals surface area contributed by atoms with Crippen molar-refractivity contribution in [2.45, 2.75) is 31.2 Å². The third kappa shape index (κ3) is 2.93. The van der Waals surface area contributed by atoms with Crippen molar-refractivity contribution in [2.24, 2.45) is 5.73 Å². The molecule has 2 nitrogen and oxygen atoms in total. The van der Waals surface area contributed by atoms with Gasteiger partial charge in [0.1, 0.15) is 0 Å². The zero-order chi connectivity index (χ0) is 14.0. The van der Waals surface area contributed by atoms with Gasteiger partial charge >= 0.3 is 0 Å². The van der Waals surface area contributed by atoms with Crippen LogP contribution in [0.15, 0.2) is 18.2 Å². The molecule has 19 heavy (non-hydrogen) atoms. The Bertz CT molecular complexity index is 441. The summed E-state index contributed by atoms with van der Waals surface area (Å²) in [4.78, 5) is 2.19. The first-order chi connectivity index (χ1) is 9.06. The van der Waals surface area contributed by atoms with Gasteiger partial charge in [0, 0.05) is 35.7 Å². The standard InChI is InChI=1S/C14H20F2N2S/c1-9-10(2)19-7-6-18(9)13(8-17)11-4-3-5-12(15)14(11)16/h3-5,9-10,13H,6-8,17H2,1-2H3. The van der Waals surface area contributed by atoms with Crippen LogP contribution >= 0.6 is 11.8 Å². The van der Waals surface area contributed by atoms with E-state index >= 15 is 0 Å². The summed E-state index contributed by atoms with van der Waals surface area (Å²) in [6.07, 6.45) is 0. The van der Waals surface area contributed by atoms with Crippen LogP contribution in [0.4, 0.5) is 8.78 Å². The van der Waals surface area contributed by atoms with E-state index in [0.717, 1.165) is 18.4 Å². The van der Waals surface area contributed by atoms with Crippen LogP contribution in [0.1, 0.15) is 25.5 Å². The molecule has 5 heteroatoms. The summed E-state index contributed by atoms with van der Waals surface area (Å²) in [6.45, 7) is 5.43. The lowest BCUT2D eigenvalue weighted by Gasteiger charge is -2.42. The highest BCUT2D eigenvalue weighted by Gasteiger charge is 2.32. The number of hydrogen-bond donors (Lipinski definition) is 1. The van der Waals surface area contributed by atoms with Crippen LogP contribution in [0.3, 0.4) is 0 Å². The van der Waals surface area contributed by atoms with Crippen LogP contribution in [-0.4, -0.2) is 35.0 Å². The van der Waals surface area contributed by atoms with E-state index < -0.39 is 11.6 Å². The second-order valence-corrected chi connectivity index (χ2v) is 6.43. The van der Waals surface area contributed by atoms with Crippen molar-refractivity contribution in [3.05, 3.63) is 35.4 Å². The molecule has 1 fully saturated rings. The number of thioether (sulfide) groups is 1. The van der Waals surface area contributed by atoms with E-state index in [-0.39, 0.29) is 6.04 Å². The van der Waals surface area contributed by atoms with Crippen LogP contribution in [0, 0.1) is 11.6 Å². The van der Waals surface area contributed by atoms with E-state index in [1.165, 1.54) is 0 Å². The number of hydrogen-bond acceptors (Lipinski definition) is 3. The molecule has 1 saturated heterocycles. The second kappa shape index (κ2) is 6.20. The Morgan fingerprint density at radius 2 is 2.16 bits per heavy atom. The highest BCUT2D eigenvalue weighted by Crippen LogP contribution is 2.32. The van der Waals surface area contributed by atoms with E-state index in [0.29, 0.717) is 23.4 Å². The molecule has 1 aliphatic heterocycles. The highest BCUT2D eigenvalue weighted by atomic mass is 32.2. The first-order valence-corrected chi connectivity index (χ1v) is 7.62. The lowest BCUT2D eigenvalue weighted by molar-refractivity contribution is 0.147. The number of halogens is 2. The molecule has 0 saturated carbocycles. The zero-order valence-electron chi connectivity index (χ0n) is 11.3. The Morgan fingerprint density at radius 3 is 2.84 bits per heavy atom. The molecule has 3 atom stereocenters. The Morgan fingerprint density at radius 1 is 1.42 bits per heavy atom. The van der Waals surface area contributed by atoms with Gasteiger partial charge in [-0.05, 0) is 13.0 Å². The molecule has 0 radical (unpaired) electrons. The first kappa shape index (κ1) is 14.8. The van der Waals surface area contributed by atoms with Gasteiger partial charge in [-0.2, -0.15) is 11.8 Å². The number of benzene rings is 1. The molecule has 0 aliphatic carbocycles. The molecule has 2 N–H and O–H groups in total. The molecule has 1 aromatic carbocycles. The van der Waals surface area contributed by atoms with E-state index in [9.17, 15) is 8.78 Å². The average Bonchev–Trinajstić information content (AvgIpc) is 2.40. The lowest BCUT2D eigenvalue weighted by atomic mass is 10.0. The van der Waals surface area contributed by atoms with Crippen molar-refractivity contribution in [3.8, 4) is 0 Å². The number of rotatable bonds is 3. The summed E-state index contributed by atoms with van der Waals surface area (Å²) >= 11 is 1.91. The minimum Gasteiger partial charge on any atom is -0.329 e. The lowest BCUT2D eigenvalue weighted by Crippen LogP contribution is -2.48. The van der Waals surface area contributed by atoms with Gasteiger partial charge in [0.15, 0.2) is 11.6 Å². The van der Waals surface area contributed by atoms with E-state index in [2.05, 4.69) is 18.7 Å². The Labute approximate surface area is 117 Å². The molecule has 2 rings (SSSR count). The smallest absolute Gasteiger partial charge is 0.163 e. The molecule has 1 heterocycles. The molecule has 0 amide bonds. The van der Waals surface area contributed by atoms with Crippen LogP contribution in [0.25, 0.3) is 0 Å². The Kier molecular flexibility index (Phi) is 4.81. The summed E-state index contributed by atoms with van der Waals surface area (Å²) in [6, 6.07) is 4.37. The van der Waals surface area contributed by atoms with Crippen molar-refractivity contribution < 1.29 is 8.78 Å². The van der Waals surface area contributed by atoms with Crippen molar-refractivity contribution in [2.75, 3.05) is 18.8 Å². The van der Waals surface area contributed by atoms with Crippen molar-refractivity contribution in [1.82, 2.24) is 4.90 Å². The van der Waals surface area contributed by atoms with E-state index in [1.54, 1.807) is 12.1 Å². The normalized spacial score (nSPS) is 26.4. The second-order valence-electron chi connectivity index (χ2n) is 4.95. The fourth-order valence-electron chi connectivity index (χ4n) is 2.62. The van der Waals surface area contributed by atoms with Crippen LogP contribution in [-0.2, 0) is 0 Å². The average molecular weight is 286 g/mol. The molecule has 3 unspecified atom stereocenters. The van der Waals surface area contributed by atoms with Gasteiger partial charge in [-0.1, -0.05) is 19.1 Å². The summed E-state index contributed by atoms with van der Waals surface area (Å²) in [7, 11) is 0. The predicted octanol–water partition coefficient (Wildman–Crippen LogP) is 2.79. The van der Waals surface area contributed by atoms with Crippen molar-refractivity contribution in [3.63, 3.8) is 0 Å². The Balaban J connectivity index is 2.31. The van der Waals surface area contributed by atoms with Crippen LogP contribution in [0.5, 0.6) is 0 Å². The third-order valence-electron chi connectivity index (χ3n) is 3.90. The van der Waals surface area contributed by atoms with Gasteiger partial charge in [0.05, 0.1) is 6.04 Å². The van der Waals surface area contributed by atoms with Crippen molar-refractivity contribution in [1.29, 1.82) is 0 Å². The fourth-order valence-corrected chi connectivity index (χ4v) is 3.74. The predicted molar refractivity (Wildman–Crippen MR) is 76.2 cm³/mol. The summed E-state index contributed by atoms with van der Waals surface area (Å²) in [5.74, 6) is -0.571. The number of nitrogens with two attached hydrogens (primary N) is 1. The number of nitrogens with zero attached hydrogens (tertiary/aromatic N) is 1. The summed E-state index contributed by atoms with van der Waals surface area (Å²) < 4.78 is 27.3. The maximum atomic E-state index is 14.0. The minimum atomic E-state index is -0.803. The monoisotopic (exact) mass is 286 g/mol. The van der Waals surface area contributed by atoms with Crippen LogP contribution in [0.2, 0.25) is 0 Å². The molecular weight excluding hydrogens is 266 g/mol. The van der Waals surface area contributed by atoms with Gasteiger partial charge in [-0.25, -0.2) is 8.78 Å². The molecule has 0 bridgehead atoms. The zero-order valence-corrected chi connectivity index (χ0v) is 12.1. The molecule has 0 aromatic heterocycles. The van der Waals surface area contributed by atoms with Gasteiger partial charge in [0.2, 0.25) is 0 Å². The Hall–Kier alpha value is -0.650. The SMILES string of the molecule is CC1SCCN(C(CN)c2cccc(F)c2F)C1C. The van der Waals surface area contributed by atoms with Crippen molar-refractivity contribution >= 4 is 11.8 Å². The summed E-state index contributed by atoms with van der Waals surface area (Å²) in [5.41, 5.74) is 6.19. The van der Waals surface area contributed by atoms with Gasteiger partial charge in [0.25, 0.3) is 0 Å². The maximum Gasteiger partial charge on any atom is 0.163 e. The first-order valence-electron chi connectivity index (χ1n) is 6.57. The van der Waals surface area contributed by atoms with E-state index in [1.807, 2.05) is 11.8 Å². The highest BCUT2D eigenvalue weighted by molar-refractivity contribution is 8.00. The molecule has 1 aliphatic rings. The minimum absolute atomic E-state index is 0.256. The molecular formula is C14H20F2N2S. The fraction of sp³-hybridized carbons (Fsp3) is 0.571. The van der Waals surface area contributed by atoms with Crippen LogP contribution < -0.4 is 5.73 Å².